The van der Waals surface area contributed by atoms with Crippen LogP contribution in [0.3, 0.4) is 0 Å². The van der Waals surface area contributed by atoms with Crippen molar-refractivity contribution in [1.82, 2.24) is 4.31 Å². The van der Waals surface area contributed by atoms with Gasteiger partial charge in [0.25, 0.3) is 0 Å². The summed E-state index contributed by atoms with van der Waals surface area (Å²) in [5.74, 6) is 0. The SMILES string of the molecule is Cc1ccc(S(=O)(=O)N2CCOC2)cc1. The molecule has 82 valence electrons. The molecule has 4 nitrogen and oxygen atoms in total. The van der Waals surface area contributed by atoms with Crippen molar-refractivity contribution in [3.05, 3.63) is 29.8 Å². The highest BCUT2D eigenvalue weighted by Gasteiger charge is 2.27. The van der Waals surface area contributed by atoms with Crippen molar-refractivity contribution in [2.75, 3.05) is 19.9 Å². The molecule has 0 saturated carbocycles. The first-order chi connectivity index (χ1) is 7.10. The van der Waals surface area contributed by atoms with Crippen LogP contribution in [0.15, 0.2) is 29.2 Å². The molecular formula is C10H13NO3S. The summed E-state index contributed by atoms with van der Waals surface area (Å²) >= 11 is 0. The highest BCUT2D eigenvalue weighted by molar-refractivity contribution is 7.89. The van der Waals surface area contributed by atoms with Crippen molar-refractivity contribution in [2.45, 2.75) is 11.8 Å². The monoisotopic (exact) mass is 227 g/mol. The van der Waals surface area contributed by atoms with Crippen LogP contribution < -0.4 is 0 Å². The number of hydrogen-bond acceptors (Lipinski definition) is 3. The van der Waals surface area contributed by atoms with Crippen molar-refractivity contribution >= 4 is 10.0 Å². The van der Waals surface area contributed by atoms with Gasteiger partial charge in [0.05, 0.1) is 11.5 Å². The van der Waals surface area contributed by atoms with E-state index in [4.69, 9.17) is 4.74 Å². The molecule has 0 atom stereocenters. The van der Waals surface area contributed by atoms with Crippen molar-refractivity contribution in [3.8, 4) is 0 Å². The minimum Gasteiger partial charge on any atom is -0.364 e. The molecule has 1 heterocycles. The Labute approximate surface area is 89.5 Å². The molecule has 2 rings (SSSR count). The lowest BCUT2D eigenvalue weighted by molar-refractivity contribution is 0.172. The Morgan fingerprint density at radius 3 is 2.47 bits per heavy atom. The largest absolute Gasteiger partial charge is 0.364 e. The Morgan fingerprint density at radius 2 is 1.93 bits per heavy atom. The molecule has 0 aliphatic carbocycles. The molecule has 0 radical (unpaired) electrons. The summed E-state index contributed by atoms with van der Waals surface area (Å²) in [4.78, 5) is 0.332. The maximum Gasteiger partial charge on any atom is 0.245 e. The van der Waals surface area contributed by atoms with E-state index >= 15 is 0 Å². The van der Waals surface area contributed by atoms with E-state index in [9.17, 15) is 8.42 Å². The van der Waals surface area contributed by atoms with Crippen LogP contribution in [-0.2, 0) is 14.8 Å². The van der Waals surface area contributed by atoms with Gasteiger partial charge in [-0.15, -0.1) is 0 Å². The molecule has 0 bridgehead atoms. The van der Waals surface area contributed by atoms with Gasteiger partial charge in [0.1, 0.15) is 6.73 Å². The second kappa shape index (κ2) is 3.92. The van der Waals surface area contributed by atoms with E-state index < -0.39 is 10.0 Å². The molecule has 1 aromatic rings. The van der Waals surface area contributed by atoms with E-state index in [0.29, 0.717) is 18.0 Å². The summed E-state index contributed by atoms with van der Waals surface area (Å²) in [7, 11) is -3.35. The van der Waals surface area contributed by atoms with Crippen LogP contribution in [0.2, 0.25) is 0 Å². The van der Waals surface area contributed by atoms with Gasteiger partial charge in [0.15, 0.2) is 0 Å². The number of aryl methyl sites for hydroxylation is 1. The molecule has 5 heteroatoms. The Hall–Kier alpha value is -0.910. The van der Waals surface area contributed by atoms with Gasteiger partial charge in [-0.1, -0.05) is 17.7 Å². The predicted molar refractivity (Wildman–Crippen MR) is 55.9 cm³/mol. The molecule has 15 heavy (non-hydrogen) atoms. The number of sulfonamides is 1. The van der Waals surface area contributed by atoms with Crippen molar-refractivity contribution in [3.63, 3.8) is 0 Å². The van der Waals surface area contributed by atoms with Crippen LogP contribution in [0.25, 0.3) is 0 Å². The highest BCUT2D eigenvalue weighted by Crippen LogP contribution is 2.18. The molecule has 1 aliphatic heterocycles. The van der Waals surface area contributed by atoms with Crippen LogP contribution in [-0.4, -0.2) is 32.6 Å². The van der Waals surface area contributed by atoms with E-state index in [2.05, 4.69) is 0 Å². The van der Waals surface area contributed by atoms with Gasteiger partial charge < -0.3 is 4.74 Å². The quantitative estimate of drug-likeness (QED) is 0.756. The highest BCUT2D eigenvalue weighted by atomic mass is 32.2. The van der Waals surface area contributed by atoms with Gasteiger partial charge in [-0.05, 0) is 19.1 Å². The number of hydrogen-bond donors (Lipinski definition) is 0. The molecular weight excluding hydrogens is 214 g/mol. The Balaban J connectivity index is 2.32. The first-order valence-corrected chi connectivity index (χ1v) is 6.19. The second-order valence-electron chi connectivity index (χ2n) is 3.53. The maximum atomic E-state index is 12.0. The molecule has 0 N–H and O–H groups in total. The smallest absolute Gasteiger partial charge is 0.245 e. The predicted octanol–water partition coefficient (Wildman–Crippen LogP) is 0.973. The average Bonchev–Trinajstić information content (AvgIpc) is 2.71. The second-order valence-corrected chi connectivity index (χ2v) is 5.47. The fourth-order valence-corrected chi connectivity index (χ4v) is 2.75. The lowest BCUT2D eigenvalue weighted by Crippen LogP contribution is -2.28. The summed E-state index contributed by atoms with van der Waals surface area (Å²) in [5.41, 5.74) is 1.05. The summed E-state index contributed by atoms with van der Waals surface area (Å²) in [6.45, 7) is 3.01. The van der Waals surface area contributed by atoms with E-state index in [1.165, 1.54) is 4.31 Å². The van der Waals surface area contributed by atoms with Crippen molar-refractivity contribution in [1.29, 1.82) is 0 Å². The first kappa shape index (κ1) is 10.6. The van der Waals surface area contributed by atoms with E-state index in [0.717, 1.165) is 5.56 Å². The minimum absolute atomic E-state index is 0.163. The maximum absolute atomic E-state index is 12.0. The van der Waals surface area contributed by atoms with Crippen LogP contribution in [0, 0.1) is 6.92 Å². The third-order valence-corrected chi connectivity index (χ3v) is 4.21. The summed E-state index contributed by atoms with van der Waals surface area (Å²) < 4.78 is 30.4. The molecule has 0 spiro atoms. The first-order valence-electron chi connectivity index (χ1n) is 4.75. The van der Waals surface area contributed by atoms with Gasteiger partial charge in [0.2, 0.25) is 10.0 Å². The van der Waals surface area contributed by atoms with Gasteiger partial charge in [0, 0.05) is 6.54 Å². The fourth-order valence-electron chi connectivity index (χ4n) is 1.45. The Bertz CT molecular complexity index is 432. The zero-order valence-electron chi connectivity index (χ0n) is 8.51. The molecule has 1 fully saturated rings. The van der Waals surface area contributed by atoms with Crippen LogP contribution in [0.4, 0.5) is 0 Å². The molecule has 1 aliphatic rings. The number of benzene rings is 1. The number of rotatable bonds is 2. The van der Waals surface area contributed by atoms with E-state index in [1.807, 2.05) is 6.92 Å². The lowest BCUT2D eigenvalue weighted by atomic mass is 10.2. The normalized spacial score (nSPS) is 18.2. The zero-order chi connectivity index (χ0) is 10.9. The topological polar surface area (TPSA) is 46.6 Å². The third kappa shape index (κ3) is 2.04. The summed E-state index contributed by atoms with van der Waals surface area (Å²) in [5, 5.41) is 0. The van der Waals surface area contributed by atoms with Crippen molar-refractivity contribution in [2.24, 2.45) is 0 Å². The Kier molecular flexibility index (Phi) is 2.77. The Morgan fingerprint density at radius 1 is 1.27 bits per heavy atom. The van der Waals surface area contributed by atoms with Crippen LogP contribution in [0.5, 0.6) is 0 Å². The standard InChI is InChI=1S/C10H13NO3S/c1-9-2-4-10(5-3-9)15(12,13)11-6-7-14-8-11/h2-5H,6-8H2,1H3. The van der Waals surface area contributed by atoms with Crippen LogP contribution >= 0.6 is 0 Å². The van der Waals surface area contributed by atoms with Gasteiger partial charge in [-0.2, -0.15) is 4.31 Å². The fraction of sp³-hybridized carbons (Fsp3) is 0.400. The summed E-state index contributed by atoms with van der Waals surface area (Å²) in [6, 6.07) is 6.85. The molecule has 0 aromatic heterocycles. The molecule has 0 unspecified atom stereocenters. The lowest BCUT2D eigenvalue weighted by Gasteiger charge is -2.13. The average molecular weight is 227 g/mol. The van der Waals surface area contributed by atoms with Gasteiger partial charge in [-0.25, -0.2) is 8.42 Å². The third-order valence-electron chi connectivity index (χ3n) is 2.38. The molecule has 1 saturated heterocycles. The number of nitrogens with zero attached hydrogens (tertiary/aromatic N) is 1. The van der Waals surface area contributed by atoms with Crippen molar-refractivity contribution < 1.29 is 13.2 Å². The molecule has 0 amide bonds. The zero-order valence-corrected chi connectivity index (χ0v) is 9.33. The van der Waals surface area contributed by atoms with Gasteiger partial charge in [-0.3, -0.25) is 0 Å². The number of ether oxygens (including phenoxy) is 1. The molecule has 1 aromatic carbocycles. The summed E-state index contributed by atoms with van der Waals surface area (Å²) in [6.07, 6.45) is 0. The van der Waals surface area contributed by atoms with E-state index in [1.54, 1.807) is 24.3 Å². The van der Waals surface area contributed by atoms with Crippen LogP contribution in [0.1, 0.15) is 5.56 Å². The van der Waals surface area contributed by atoms with E-state index in [-0.39, 0.29) is 6.73 Å². The van der Waals surface area contributed by atoms with Gasteiger partial charge >= 0.3 is 0 Å². The minimum atomic E-state index is -3.35.